The van der Waals surface area contributed by atoms with Gasteiger partial charge < -0.3 is 25.2 Å². The number of Topliss-reactive ketones (excluding diaryl/α,β-unsaturated/α-hetero) is 1. The zero-order valence-corrected chi connectivity index (χ0v) is 21.6. The first kappa shape index (κ1) is 25.8. The molecule has 1 aliphatic heterocycles. The van der Waals surface area contributed by atoms with Gasteiger partial charge in [0.25, 0.3) is 0 Å². The molecule has 196 valence electrons. The summed E-state index contributed by atoms with van der Waals surface area (Å²) >= 11 is 6.50. The van der Waals surface area contributed by atoms with Crippen molar-refractivity contribution in [1.82, 2.24) is 20.3 Å². The zero-order chi connectivity index (χ0) is 26.5. The number of ether oxygens (including phenoxy) is 2. The Labute approximate surface area is 225 Å². The molecule has 2 atom stereocenters. The van der Waals surface area contributed by atoms with Crippen molar-refractivity contribution in [3.8, 4) is 11.5 Å². The number of nitrogens with zero attached hydrogens (tertiary/aromatic N) is 3. The summed E-state index contributed by atoms with van der Waals surface area (Å²) in [5.41, 5.74) is 1.16. The lowest BCUT2D eigenvalue weighted by molar-refractivity contribution is -0.132. The molecule has 2 aromatic carbocycles. The molecule has 9 nitrogen and oxygen atoms in total. The molecular weight excluding hydrogens is 506 g/mol. The van der Waals surface area contributed by atoms with E-state index in [1.54, 1.807) is 31.3 Å². The van der Waals surface area contributed by atoms with Crippen LogP contribution < -0.4 is 20.1 Å². The number of ketones is 1. The Morgan fingerprint density at radius 1 is 1.16 bits per heavy atom. The largest absolute Gasteiger partial charge is 0.486 e. The third-order valence-electron chi connectivity index (χ3n) is 6.58. The Balaban J connectivity index is 1.36. The van der Waals surface area contributed by atoms with Gasteiger partial charge in [-0.25, -0.2) is 9.97 Å². The number of anilines is 2. The highest BCUT2D eigenvalue weighted by atomic mass is 35.5. The molecule has 1 saturated heterocycles. The Kier molecular flexibility index (Phi) is 7.69. The van der Waals surface area contributed by atoms with Gasteiger partial charge in [-0.05, 0) is 68.8 Å². The molecule has 3 N–H and O–H groups in total. The molecule has 0 spiro atoms. The highest BCUT2D eigenvalue weighted by Crippen LogP contribution is 2.35. The number of aromatic nitrogens is 3. The van der Waals surface area contributed by atoms with Crippen LogP contribution >= 0.6 is 11.6 Å². The number of carbonyl (C=O) groups is 1. The van der Waals surface area contributed by atoms with Crippen molar-refractivity contribution >= 4 is 39.8 Å². The van der Waals surface area contributed by atoms with Crippen LogP contribution in [0.25, 0.3) is 10.9 Å². The van der Waals surface area contributed by atoms with Gasteiger partial charge in [-0.2, -0.15) is 0 Å². The third-order valence-corrected chi connectivity index (χ3v) is 6.87. The van der Waals surface area contributed by atoms with E-state index in [1.807, 2.05) is 36.4 Å². The number of pyridine rings is 1. The summed E-state index contributed by atoms with van der Waals surface area (Å²) in [5, 5.41) is 17.4. The molecule has 1 fully saturated rings. The molecule has 1 aliphatic rings. The minimum absolute atomic E-state index is 0.186. The highest BCUT2D eigenvalue weighted by Gasteiger charge is 2.43. The molecule has 4 aromatic rings. The van der Waals surface area contributed by atoms with E-state index in [0.717, 1.165) is 12.1 Å². The zero-order valence-electron chi connectivity index (χ0n) is 20.9. The summed E-state index contributed by atoms with van der Waals surface area (Å²) in [5.74, 6) is 1.30. The maximum absolute atomic E-state index is 13.2. The van der Waals surface area contributed by atoms with Gasteiger partial charge in [-0.15, -0.1) is 0 Å². The molecule has 2 aromatic heterocycles. The van der Waals surface area contributed by atoms with Gasteiger partial charge in [0, 0.05) is 11.9 Å². The van der Waals surface area contributed by atoms with E-state index in [4.69, 9.17) is 21.1 Å². The first-order valence-electron chi connectivity index (χ1n) is 12.4. The molecule has 0 amide bonds. The molecule has 0 unspecified atom stereocenters. The van der Waals surface area contributed by atoms with Crippen LogP contribution in [0.15, 0.2) is 67.1 Å². The molecule has 38 heavy (non-hydrogen) atoms. The summed E-state index contributed by atoms with van der Waals surface area (Å²) in [4.78, 5) is 26.3. The van der Waals surface area contributed by atoms with Crippen LogP contribution in [0.3, 0.4) is 0 Å². The van der Waals surface area contributed by atoms with Crippen LogP contribution in [0.4, 0.5) is 11.5 Å². The second-order valence-electron chi connectivity index (χ2n) is 9.15. The minimum Gasteiger partial charge on any atom is -0.486 e. The highest BCUT2D eigenvalue weighted by molar-refractivity contribution is 6.32. The Morgan fingerprint density at radius 2 is 2.05 bits per heavy atom. The average Bonchev–Trinajstić information content (AvgIpc) is 3.43. The van der Waals surface area contributed by atoms with Crippen molar-refractivity contribution in [2.24, 2.45) is 0 Å². The fraction of sp³-hybridized carbons (Fsp3) is 0.286. The van der Waals surface area contributed by atoms with E-state index >= 15 is 0 Å². The lowest BCUT2D eigenvalue weighted by atomic mass is 9.90. The Morgan fingerprint density at radius 3 is 2.79 bits per heavy atom. The molecule has 5 rings (SSSR count). The number of aliphatic hydroxyl groups excluding tert-OH is 1. The first-order chi connectivity index (χ1) is 18.5. The number of rotatable bonds is 10. The fourth-order valence-corrected chi connectivity index (χ4v) is 4.84. The molecule has 0 radical (unpaired) electrons. The fourth-order valence-electron chi connectivity index (χ4n) is 4.60. The monoisotopic (exact) mass is 533 g/mol. The standard InChI is InChI=1S/C28H28ClN5O4/c1-18(26(36)28(16-35)11-5-13-33-28)38-24-8-4-7-22-25(24)27(32-17-31-22)34-19-9-10-23(21(29)14-19)37-15-20-6-2-3-12-30-20/h2-4,6-10,12,14,17-18,33,35H,5,11,13,15-16H2,1H3,(H,31,32,34)/t18-,28-/m0/s1. The van der Waals surface area contributed by atoms with Gasteiger partial charge in [0.15, 0.2) is 11.9 Å². The SMILES string of the molecule is C[C@H](Oc1cccc2ncnc(Nc3ccc(OCc4ccccn4)c(Cl)c3)c12)C(=O)[C@@]1(CO)CCCN1. The Hall–Kier alpha value is -3.79. The summed E-state index contributed by atoms with van der Waals surface area (Å²) in [7, 11) is 0. The van der Waals surface area contributed by atoms with E-state index in [9.17, 15) is 9.90 Å². The number of hydrogen-bond donors (Lipinski definition) is 3. The lowest BCUT2D eigenvalue weighted by Crippen LogP contribution is -2.55. The average molecular weight is 534 g/mol. The number of hydrogen-bond acceptors (Lipinski definition) is 9. The minimum atomic E-state index is -0.973. The summed E-state index contributed by atoms with van der Waals surface area (Å²) in [6.45, 7) is 2.41. The topological polar surface area (TPSA) is 118 Å². The van der Waals surface area contributed by atoms with Gasteiger partial charge in [0.05, 0.1) is 28.2 Å². The smallest absolute Gasteiger partial charge is 0.195 e. The van der Waals surface area contributed by atoms with Crippen molar-refractivity contribution in [3.05, 3.63) is 77.8 Å². The van der Waals surface area contributed by atoms with Crippen LogP contribution in [-0.2, 0) is 11.4 Å². The number of benzene rings is 2. The predicted octanol–water partition coefficient (Wildman–Crippen LogP) is 4.45. The number of carbonyl (C=O) groups excluding carboxylic acids is 1. The van der Waals surface area contributed by atoms with Crippen LogP contribution in [0.2, 0.25) is 5.02 Å². The van der Waals surface area contributed by atoms with E-state index in [1.165, 1.54) is 6.33 Å². The van der Waals surface area contributed by atoms with Crippen molar-refractivity contribution < 1.29 is 19.4 Å². The maximum Gasteiger partial charge on any atom is 0.195 e. The first-order valence-corrected chi connectivity index (χ1v) is 12.8. The normalized spacial score (nSPS) is 17.8. The molecule has 0 bridgehead atoms. The van der Waals surface area contributed by atoms with Crippen LogP contribution in [-0.4, -0.2) is 50.6 Å². The third kappa shape index (κ3) is 5.40. The molecule has 0 saturated carbocycles. The lowest BCUT2D eigenvalue weighted by Gasteiger charge is -2.29. The summed E-state index contributed by atoms with van der Waals surface area (Å²) in [6, 6.07) is 16.4. The van der Waals surface area contributed by atoms with Crippen LogP contribution in [0, 0.1) is 0 Å². The molecule has 10 heteroatoms. The Bertz CT molecular complexity index is 1420. The van der Waals surface area contributed by atoms with Gasteiger partial charge >= 0.3 is 0 Å². The van der Waals surface area contributed by atoms with Gasteiger partial charge in [-0.3, -0.25) is 9.78 Å². The number of halogens is 1. The molecular formula is C28H28ClN5O4. The van der Waals surface area contributed by atoms with E-state index in [-0.39, 0.29) is 12.4 Å². The van der Waals surface area contributed by atoms with E-state index in [0.29, 0.717) is 58.5 Å². The molecule has 3 heterocycles. The quantitative estimate of drug-likeness (QED) is 0.271. The molecule has 0 aliphatic carbocycles. The second-order valence-corrected chi connectivity index (χ2v) is 9.55. The van der Waals surface area contributed by atoms with Gasteiger partial charge in [-0.1, -0.05) is 23.7 Å². The van der Waals surface area contributed by atoms with Gasteiger partial charge in [0.2, 0.25) is 0 Å². The van der Waals surface area contributed by atoms with Crippen molar-refractivity contribution in [2.75, 3.05) is 18.5 Å². The van der Waals surface area contributed by atoms with Crippen LogP contribution in [0.5, 0.6) is 11.5 Å². The number of nitrogens with one attached hydrogen (secondary N) is 2. The maximum atomic E-state index is 13.2. The second kappa shape index (κ2) is 11.3. The van der Waals surface area contributed by atoms with E-state index < -0.39 is 11.6 Å². The van der Waals surface area contributed by atoms with Crippen molar-refractivity contribution in [1.29, 1.82) is 0 Å². The summed E-state index contributed by atoms with van der Waals surface area (Å²) < 4.78 is 12.0. The van der Waals surface area contributed by atoms with Crippen LogP contribution in [0.1, 0.15) is 25.5 Å². The van der Waals surface area contributed by atoms with Gasteiger partial charge in [0.1, 0.15) is 35.8 Å². The summed E-state index contributed by atoms with van der Waals surface area (Å²) in [6.07, 6.45) is 3.77. The van der Waals surface area contributed by atoms with E-state index in [2.05, 4.69) is 25.6 Å². The predicted molar refractivity (Wildman–Crippen MR) is 145 cm³/mol. The van der Waals surface area contributed by atoms with Crippen molar-refractivity contribution in [3.63, 3.8) is 0 Å². The number of fused-ring (bicyclic) bond motifs is 1. The number of aliphatic hydroxyl groups is 1. The van der Waals surface area contributed by atoms with Crippen molar-refractivity contribution in [2.45, 2.75) is 38.0 Å².